The topological polar surface area (TPSA) is 84.7 Å². The van der Waals surface area contributed by atoms with Gasteiger partial charge in [0.15, 0.2) is 0 Å². The van der Waals surface area contributed by atoms with E-state index in [1.54, 1.807) is 13.4 Å². The number of carboxylic acids is 1. The van der Waals surface area contributed by atoms with Crippen molar-refractivity contribution in [2.45, 2.75) is 57.8 Å². The van der Waals surface area contributed by atoms with Gasteiger partial charge in [-0.05, 0) is 74.4 Å². The summed E-state index contributed by atoms with van der Waals surface area (Å²) in [5.41, 5.74) is 6.29. The summed E-state index contributed by atoms with van der Waals surface area (Å²) in [5.74, 6) is -1.87. The Morgan fingerprint density at radius 3 is 2.44 bits per heavy atom. The van der Waals surface area contributed by atoms with Gasteiger partial charge in [-0.1, -0.05) is 30.3 Å². The van der Waals surface area contributed by atoms with Crippen molar-refractivity contribution in [2.24, 2.45) is 0 Å². The number of aryl methyl sites for hydroxylation is 2. The zero-order valence-electron chi connectivity index (χ0n) is 21.9. The van der Waals surface area contributed by atoms with Gasteiger partial charge in [-0.3, -0.25) is 4.79 Å². The van der Waals surface area contributed by atoms with Gasteiger partial charge in [-0.25, -0.2) is 9.78 Å². The number of rotatable bonds is 6. The van der Waals surface area contributed by atoms with Crippen LogP contribution in [0, 0.1) is 6.92 Å². The number of methoxy groups -OCH3 is 1. The second-order valence-electron chi connectivity index (χ2n) is 9.68. The maximum absolute atomic E-state index is 13.6. The Balaban J connectivity index is 0.000000448. The molecule has 10 heteroatoms. The third-order valence-electron chi connectivity index (χ3n) is 6.77. The lowest BCUT2D eigenvalue weighted by Crippen LogP contribution is -2.36. The van der Waals surface area contributed by atoms with Crippen molar-refractivity contribution in [1.82, 2.24) is 14.5 Å². The summed E-state index contributed by atoms with van der Waals surface area (Å²) in [7, 11) is 1.67. The summed E-state index contributed by atoms with van der Waals surface area (Å²) in [6, 6.07) is 15.1. The SMILES string of the molecule is COc1cc(C=C(C)C(=O)N(C2CC2)C2CCc3ccccc32)ccc1-n1cnc(C)c1.O=C(O)C(F)(F)F. The fourth-order valence-corrected chi connectivity index (χ4v) is 4.80. The van der Waals surface area contributed by atoms with E-state index in [1.807, 2.05) is 48.9 Å². The van der Waals surface area contributed by atoms with E-state index in [0.29, 0.717) is 6.04 Å². The van der Waals surface area contributed by atoms with E-state index in [9.17, 15) is 18.0 Å². The van der Waals surface area contributed by atoms with E-state index in [0.717, 1.165) is 54.0 Å². The number of fused-ring (bicyclic) bond motifs is 1. The number of carbonyl (C=O) groups excluding carboxylic acids is 1. The smallest absolute Gasteiger partial charge is 0.490 e. The van der Waals surface area contributed by atoms with Crippen LogP contribution in [-0.4, -0.2) is 50.8 Å². The average molecular weight is 542 g/mol. The molecule has 1 saturated carbocycles. The van der Waals surface area contributed by atoms with Crippen molar-refractivity contribution in [3.05, 3.63) is 82.9 Å². The molecule has 0 spiro atoms. The molecule has 1 unspecified atom stereocenters. The standard InChI is InChI=1S/C27H29N3O2.C2HF3O2/c1-18(14-20-8-12-25(26(15-20)32-3)29-16-19(2)28-17-29)27(31)30(22-10-11-22)24-13-9-21-6-4-5-7-23(21)24;3-2(4,5)1(6)7/h4-8,12,14-17,22,24H,9-11,13H2,1-3H3;(H,6,7). The van der Waals surface area contributed by atoms with E-state index in [4.69, 9.17) is 14.6 Å². The molecule has 1 heterocycles. The van der Waals surface area contributed by atoms with Crippen molar-refractivity contribution < 1.29 is 32.6 Å². The quantitative estimate of drug-likeness (QED) is 0.393. The molecule has 5 rings (SSSR count). The van der Waals surface area contributed by atoms with Crippen molar-refractivity contribution in [1.29, 1.82) is 0 Å². The molecule has 39 heavy (non-hydrogen) atoms. The van der Waals surface area contributed by atoms with Crippen LogP contribution in [0.25, 0.3) is 11.8 Å². The highest BCUT2D eigenvalue weighted by Crippen LogP contribution is 2.42. The molecule has 7 nitrogen and oxygen atoms in total. The number of aromatic nitrogens is 2. The number of nitrogens with zero attached hydrogens (tertiary/aromatic N) is 3. The molecule has 0 aliphatic heterocycles. The maximum Gasteiger partial charge on any atom is 0.490 e. The van der Waals surface area contributed by atoms with E-state index in [-0.39, 0.29) is 11.9 Å². The monoisotopic (exact) mass is 541 g/mol. The number of hydrogen-bond donors (Lipinski definition) is 1. The van der Waals surface area contributed by atoms with Gasteiger partial charge in [0.25, 0.3) is 0 Å². The molecule has 2 aliphatic rings. The van der Waals surface area contributed by atoms with E-state index in [1.165, 1.54) is 11.1 Å². The lowest BCUT2D eigenvalue weighted by atomic mass is 10.0. The molecule has 0 saturated heterocycles. The number of ether oxygens (including phenoxy) is 1. The van der Waals surface area contributed by atoms with Gasteiger partial charge in [0.05, 0.1) is 30.9 Å². The van der Waals surface area contributed by atoms with Crippen LogP contribution < -0.4 is 4.74 Å². The highest BCUT2D eigenvalue weighted by molar-refractivity contribution is 5.98. The third-order valence-corrected chi connectivity index (χ3v) is 6.77. The number of imidazole rings is 1. The zero-order valence-corrected chi connectivity index (χ0v) is 21.9. The number of amides is 1. The van der Waals surface area contributed by atoms with Gasteiger partial charge in [0.2, 0.25) is 5.91 Å². The molecule has 1 fully saturated rings. The Morgan fingerprint density at radius 2 is 1.85 bits per heavy atom. The van der Waals surface area contributed by atoms with Crippen LogP contribution in [0.5, 0.6) is 5.75 Å². The Hall–Kier alpha value is -4.08. The van der Waals surface area contributed by atoms with E-state index < -0.39 is 12.1 Å². The van der Waals surface area contributed by atoms with Gasteiger partial charge in [-0.15, -0.1) is 0 Å². The molecule has 2 aromatic carbocycles. The fourth-order valence-electron chi connectivity index (χ4n) is 4.80. The second-order valence-corrected chi connectivity index (χ2v) is 9.68. The summed E-state index contributed by atoms with van der Waals surface area (Å²) in [5, 5.41) is 7.12. The Bertz CT molecular complexity index is 1390. The highest BCUT2D eigenvalue weighted by Gasteiger charge is 2.40. The minimum atomic E-state index is -5.08. The van der Waals surface area contributed by atoms with Crippen LogP contribution in [0.3, 0.4) is 0 Å². The molecule has 0 radical (unpaired) electrons. The first-order valence-electron chi connectivity index (χ1n) is 12.6. The van der Waals surface area contributed by atoms with Gasteiger partial charge in [0, 0.05) is 17.8 Å². The van der Waals surface area contributed by atoms with Crippen LogP contribution in [0.15, 0.2) is 60.6 Å². The van der Waals surface area contributed by atoms with Crippen molar-refractivity contribution in [2.75, 3.05) is 7.11 Å². The van der Waals surface area contributed by atoms with Gasteiger partial charge < -0.3 is 19.3 Å². The third kappa shape index (κ3) is 6.50. The molecule has 1 atom stereocenters. The van der Waals surface area contributed by atoms with Crippen molar-refractivity contribution >= 4 is 18.0 Å². The lowest BCUT2D eigenvalue weighted by molar-refractivity contribution is -0.192. The summed E-state index contributed by atoms with van der Waals surface area (Å²) in [4.78, 5) is 28.9. The molecule has 206 valence electrons. The lowest BCUT2D eigenvalue weighted by Gasteiger charge is -2.30. The largest absolute Gasteiger partial charge is 0.495 e. The molecular formula is C29H30F3N3O4. The first kappa shape index (κ1) is 27.9. The van der Waals surface area contributed by atoms with Crippen LogP contribution >= 0.6 is 0 Å². The fraction of sp³-hybridized carbons (Fsp3) is 0.345. The molecule has 0 bridgehead atoms. The molecule has 1 aromatic heterocycles. The Labute approximate surface area is 224 Å². The normalized spacial score (nSPS) is 16.7. The number of halogens is 3. The first-order chi connectivity index (χ1) is 18.5. The van der Waals surface area contributed by atoms with Crippen LogP contribution in [0.2, 0.25) is 0 Å². The van der Waals surface area contributed by atoms with Crippen LogP contribution in [0.1, 0.15) is 54.6 Å². The van der Waals surface area contributed by atoms with Gasteiger partial charge in [-0.2, -0.15) is 13.2 Å². The van der Waals surface area contributed by atoms with Crippen LogP contribution in [0.4, 0.5) is 13.2 Å². The number of aliphatic carboxylic acids is 1. The van der Waals surface area contributed by atoms with Crippen molar-refractivity contribution in [3.8, 4) is 11.4 Å². The van der Waals surface area contributed by atoms with E-state index in [2.05, 4.69) is 34.1 Å². The number of alkyl halides is 3. The summed E-state index contributed by atoms with van der Waals surface area (Å²) in [6.07, 6.45) is 4.91. The predicted octanol–water partition coefficient (Wildman–Crippen LogP) is 5.90. The minimum Gasteiger partial charge on any atom is -0.495 e. The van der Waals surface area contributed by atoms with Gasteiger partial charge in [0.1, 0.15) is 5.75 Å². The minimum absolute atomic E-state index is 0.141. The zero-order chi connectivity index (χ0) is 28.3. The average Bonchev–Trinajstić information content (AvgIpc) is 3.50. The van der Waals surface area contributed by atoms with E-state index >= 15 is 0 Å². The van der Waals surface area contributed by atoms with Crippen LogP contribution in [-0.2, 0) is 16.0 Å². The maximum atomic E-state index is 13.6. The number of hydrogen-bond acceptors (Lipinski definition) is 4. The Morgan fingerprint density at radius 1 is 1.15 bits per heavy atom. The summed E-state index contributed by atoms with van der Waals surface area (Å²) in [6.45, 7) is 3.89. The molecule has 1 amide bonds. The number of carboxylic acid groups (broad SMARTS) is 1. The first-order valence-corrected chi connectivity index (χ1v) is 12.6. The molecular weight excluding hydrogens is 511 g/mol. The van der Waals surface area contributed by atoms with Crippen molar-refractivity contribution in [3.63, 3.8) is 0 Å². The molecule has 2 aliphatic carbocycles. The summed E-state index contributed by atoms with van der Waals surface area (Å²) >= 11 is 0. The number of benzene rings is 2. The Kier molecular flexibility index (Phi) is 8.13. The molecule has 3 aromatic rings. The summed E-state index contributed by atoms with van der Waals surface area (Å²) < 4.78 is 39.3. The highest BCUT2D eigenvalue weighted by atomic mass is 19.4. The number of carbonyl (C=O) groups is 2. The molecule has 1 N–H and O–H groups in total. The predicted molar refractivity (Wildman–Crippen MR) is 140 cm³/mol. The van der Waals surface area contributed by atoms with Gasteiger partial charge >= 0.3 is 12.1 Å². The second kappa shape index (κ2) is 11.3.